The Hall–Kier alpha value is -1.99. The summed E-state index contributed by atoms with van der Waals surface area (Å²) in [6.45, 7) is 0.199. The maximum Gasteiger partial charge on any atom is 0.240 e. The monoisotopic (exact) mass is 295 g/mol. The predicted molar refractivity (Wildman–Crippen MR) is 73.9 cm³/mol. The highest BCUT2D eigenvalue weighted by molar-refractivity contribution is 7.89. The maximum absolute atomic E-state index is 13.2. The summed E-state index contributed by atoms with van der Waals surface area (Å²) in [6, 6.07) is 6.84. The molecule has 0 aliphatic heterocycles. The number of anilines is 1. The first-order chi connectivity index (χ1) is 9.47. The lowest BCUT2D eigenvalue weighted by Crippen LogP contribution is -2.26. The van der Waals surface area contributed by atoms with E-state index in [1.54, 1.807) is 18.5 Å². The molecule has 0 fully saturated rings. The number of nitrogens with zero attached hydrogens (tertiary/aromatic N) is 1. The van der Waals surface area contributed by atoms with Crippen molar-refractivity contribution in [3.63, 3.8) is 0 Å². The zero-order chi connectivity index (χ0) is 14.6. The number of sulfonamides is 1. The highest BCUT2D eigenvalue weighted by Gasteiger charge is 2.15. The molecule has 0 aliphatic rings. The predicted octanol–water partition coefficient (Wildman–Crippen LogP) is 1.32. The summed E-state index contributed by atoms with van der Waals surface area (Å²) in [5, 5.41) is 0. The van der Waals surface area contributed by atoms with E-state index in [1.807, 2.05) is 6.07 Å². The molecule has 1 aromatic carbocycles. The van der Waals surface area contributed by atoms with Gasteiger partial charge < -0.3 is 5.73 Å². The minimum absolute atomic E-state index is 0.0673. The van der Waals surface area contributed by atoms with Gasteiger partial charge in [0.1, 0.15) is 5.82 Å². The minimum Gasteiger partial charge on any atom is -0.399 e. The van der Waals surface area contributed by atoms with Crippen molar-refractivity contribution >= 4 is 15.7 Å². The van der Waals surface area contributed by atoms with E-state index < -0.39 is 15.8 Å². The van der Waals surface area contributed by atoms with Crippen molar-refractivity contribution in [1.82, 2.24) is 9.71 Å². The molecule has 0 spiro atoms. The average Bonchev–Trinajstić information content (AvgIpc) is 2.38. The molecule has 106 valence electrons. The average molecular weight is 295 g/mol. The molecule has 0 saturated heterocycles. The number of nitrogen functional groups attached to an aromatic ring is 1. The normalized spacial score (nSPS) is 11.4. The van der Waals surface area contributed by atoms with Crippen LogP contribution in [0.25, 0.3) is 0 Å². The first-order valence-electron chi connectivity index (χ1n) is 5.92. The molecule has 0 aliphatic carbocycles. The molecule has 0 amide bonds. The summed E-state index contributed by atoms with van der Waals surface area (Å²) < 4.78 is 39.5. The third kappa shape index (κ3) is 3.75. The van der Waals surface area contributed by atoms with Crippen LogP contribution in [0.1, 0.15) is 5.56 Å². The SMILES string of the molecule is Nc1cc(F)cc(S(=O)(=O)NCCc2cccnc2)c1. The molecule has 7 heteroatoms. The Balaban J connectivity index is 2.04. The van der Waals surface area contributed by atoms with Gasteiger partial charge in [-0.25, -0.2) is 17.5 Å². The lowest BCUT2D eigenvalue weighted by atomic mass is 10.2. The van der Waals surface area contributed by atoms with Crippen molar-refractivity contribution in [3.8, 4) is 0 Å². The van der Waals surface area contributed by atoms with E-state index in [2.05, 4.69) is 9.71 Å². The number of nitrogens with one attached hydrogen (secondary N) is 1. The molecule has 1 heterocycles. The minimum atomic E-state index is -3.77. The van der Waals surface area contributed by atoms with E-state index in [-0.39, 0.29) is 17.1 Å². The molecule has 3 N–H and O–H groups in total. The summed E-state index contributed by atoms with van der Waals surface area (Å²) in [5.74, 6) is -0.683. The van der Waals surface area contributed by atoms with E-state index in [9.17, 15) is 12.8 Å². The van der Waals surface area contributed by atoms with Gasteiger partial charge in [-0.05, 0) is 36.2 Å². The number of hydrogen-bond donors (Lipinski definition) is 2. The van der Waals surface area contributed by atoms with Crippen LogP contribution >= 0.6 is 0 Å². The van der Waals surface area contributed by atoms with Crippen LogP contribution in [0.5, 0.6) is 0 Å². The van der Waals surface area contributed by atoms with E-state index in [0.717, 1.165) is 17.7 Å². The molecular formula is C13H14FN3O2S. The Morgan fingerprint density at radius 2 is 2.10 bits per heavy atom. The Labute approximate surface area is 116 Å². The van der Waals surface area contributed by atoms with Crippen molar-refractivity contribution in [2.45, 2.75) is 11.3 Å². The molecular weight excluding hydrogens is 281 g/mol. The molecule has 20 heavy (non-hydrogen) atoms. The highest BCUT2D eigenvalue weighted by Crippen LogP contribution is 2.15. The second-order valence-corrected chi connectivity index (χ2v) is 6.00. The number of halogens is 1. The van der Waals surface area contributed by atoms with Gasteiger partial charge >= 0.3 is 0 Å². The number of aromatic nitrogens is 1. The molecule has 0 bridgehead atoms. The second-order valence-electron chi connectivity index (χ2n) is 4.23. The van der Waals surface area contributed by atoms with Crippen LogP contribution in [0.15, 0.2) is 47.6 Å². The van der Waals surface area contributed by atoms with Crippen LogP contribution in [-0.4, -0.2) is 19.9 Å². The van der Waals surface area contributed by atoms with E-state index in [1.165, 1.54) is 6.07 Å². The quantitative estimate of drug-likeness (QED) is 0.815. The van der Waals surface area contributed by atoms with E-state index in [4.69, 9.17) is 5.73 Å². The summed E-state index contributed by atoms with van der Waals surface area (Å²) in [5.41, 5.74) is 6.41. The van der Waals surface area contributed by atoms with Crippen molar-refractivity contribution in [2.24, 2.45) is 0 Å². The van der Waals surface area contributed by atoms with Crippen LogP contribution < -0.4 is 10.5 Å². The maximum atomic E-state index is 13.2. The Morgan fingerprint density at radius 1 is 1.30 bits per heavy atom. The molecule has 1 aromatic heterocycles. The Bertz CT molecular complexity index is 670. The Kier molecular flexibility index (Phi) is 4.31. The van der Waals surface area contributed by atoms with Gasteiger partial charge in [0, 0.05) is 24.6 Å². The van der Waals surface area contributed by atoms with Crippen molar-refractivity contribution < 1.29 is 12.8 Å². The lowest BCUT2D eigenvalue weighted by Gasteiger charge is -2.07. The Morgan fingerprint density at radius 3 is 2.75 bits per heavy atom. The fourth-order valence-corrected chi connectivity index (χ4v) is 2.80. The first-order valence-corrected chi connectivity index (χ1v) is 7.40. The molecule has 2 rings (SSSR count). The van der Waals surface area contributed by atoms with Gasteiger partial charge in [-0.15, -0.1) is 0 Å². The topological polar surface area (TPSA) is 85.1 Å². The fraction of sp³-hybridized carbons (Fsp3) is 0.154. The number of benzene rings is 1. The summed E-state index contributed by atoms with van der Waals surface area (Å²) in [4.78, 5) is 3.76. The van der Waals surface area contributed by atoms with E-state index >= 15 is 0 Å². The van der Waals surface area contributed by atoms with Gasteiger partial charge in [0.15, 0.2) is 0 Å². The highest BCUT2D eigenvalue weighted by atomic mass is 32.2. The van der Waals surface area contributed by atoms with Crippen LogP contribution in [0.4, 0.5) is 10.1 Å². The van der Waals surface area contributed by atoms with Crippen molar-refractivity contribution in [2.75, 3.05) is 12.3 Å². The molecule has 0 saturated carbocycles. The van der Waals surface area contributed by atoms with Crippen LogP contribution in [0.3, 0.4) is 0 Å². The molecule has 5 nitrogen and oxygen atoms in total. The van der Waals surface area contributed by atoms with Gasteiger partial charge in [0.2, 0.25) is 10.0 Å². The second kappa shape index (κ2) is 5.98. The number of pyridine rings is 1. The number of hydrogen-bond acceptors (Lipinski definition) is 4. The van der Waals surface area contributed by atoms with Gasteiger partial charge in [-0.3, -0.25) is 4.98 Å². The smallest absolute Gasteiger partial charge is 0.240 e. The van der Waals surface area contributed by atoms with Crippen LogP contribution in [0, 0.1) is 5.82 Å². The van der Waals surface area contributed by atoms with Gasteiger partial charge in [-0.2, -0.15) is 0 Å². The van der Waals surface area contributed by atoms with E-state index in [0.29, 0.717) is 6.42 Å². The lowest BCUT2D eigenvalue weighted by molar-refractivity contribution is 0.578. The fourth-order valence-electron chi connectivity index (χ4n) is 1.70. The van der Waals surface area contributed by atoms with Crippen molar-refractivity contribution in [1.29, 1.82) is 0 Å². The summed E-state index contributed by atoms with van der Waals surface area (Å²) >= 11 is 0. The molecule has 0 atom stereocenters. The standard InChI is InChI=1S/C13H14FN3O2S/c14-11-6-12(15)8-13(7-11)20(18,19)17-5-3-10-2-1-4-16-9-10/h1-2,4,6-9,17H,3,5,15H2. The number of rotatable bonds is 5. The van der Waals surface area contributed by atoms with Crippen LogP contribution in [-0.2, 0) is 16.4 Å². The number of nitrogens with two attached hydrogens (primary N) is 1. The third-order valence-corrected chi connectivity index (χ3v) is 4.07. The zero-order valence-electron chi connectivity index (χ0n) is 10.6. The van der Waals surface area contributed by atoms with Crippen LogP contribution in [0.2, 0.25) is 0 Å². The van der Waals surface area contributed by atoms with Gasteiger partial charge in [-0.1, -0.05) is 6.07 Å². The van der Waals surface area contributed by atoms with Crippen molar-refractivity contribution in [3.05, 3.63) is 54.1 Å². The zero-order valence-corrected chi connectivity index (χ0v) is 11.4. The summed E-state index contributed by atoms with van der Waals surface area (Å²) in [7, 11) is -3.77. The molecule has 0 unspecified atom stereocenters. The third-order valence-electron chi connectivity index (χ3n) is 2.63. The van der Waals surface area contributed by atoms with Gasteiger partial charge in [0.05, 0.1) is 4.90 Å². The molecule has 2 aromatic rings. The first kappa shape index (κ1) is 14.4. The summed E-state index contributed by atoms with van der Waals surface area (Å²) in [6.07, 6.45) is 3.80. The largest absolute Gasteiger partial charge is 0.399 e. The van der Waals surface area contributed by atoms with Gasteiger partial charge in [0.25, 0.3) is 0 Å². The molecule has 0 radical (unpaired) electrons.